The van der Waals surface area contributed by atoms with Crippen LogP contribution in [0.5, 0.6) is 0 Å². The van der Waals surface area contributed by atoms with Crippen LogP contribution in [0.4, 0.5) is 0 Å². The van der Waals surface area contributed by atoms with Crippen LogP contribution in [0.1, 0.15) is 38.5 Å². The highest BCUT2D eigenvalue weighted by atomic mass is 15.1. The SMILES string of the molecule is CN(CCCC#N)CC1CCCC1. The van der Waals surface area contributed by atoms with Crippen LogP contribution in [0.15, 0.2) is 0 Å². The first-order valence-electron chi connectivity index (χ1n) is 5.38. The average Bonchev–Trinajstić information content (AvgIpc) is 2.57. The van der Waals surface area contributed by atoms with Gasteiger partial charge in [0.2, 0.25) is 0 Å². The Morgan fingerprint density at radius 2 is 2.08 bits per heavy atom. The molecule has 0 spiro atoms. The molecular weight excluding hydrogens is 160 g/mol. The van der Waals surface area contributed by atoms with Gasteiger partial charge in [0.15, 0.2) is 0 Å². The Balaban J connectivity index is 2.03. The van der Waals surface area contributed by atoms with Crippen LogP contribution in [-0.4, -0.2) is 25.0 Å². The fraction of sp³-hybridized carbons (Fsp3) is 0.909. The fourth-order valence-corrected chi connectivity index (χ4v) is 2.15. The van der Waals surface area contributed by atoms with Crippen LogP contribution in [0, 0.1) is 17.2 Å². The van der Waals surface area contributed by atoms with Crippen LogP contribution < -0.4 is 0 Å². The van der Waals surface area contributed by atoms with Gasteiger partial charge >= 0.3 is 0 Å². The Bertz CT molecular complexity index is 165. The minimum Gasteiger partial charge on any atom is -0.306 e. The van der Waals surface area contributed by atoms with E-state index in [9.17, 15) is 0 Å². The third-order valence-corrected chi connectivity index (χ3v) is 2.87. The van der Waals surface area contributed by atoms with Gasteiger partial charge in [-0.2, -0.15) is 5.26 Å². The number of nitriles is 1. The molecule has 0 N–H and O–H groups in total. The summed E-state index contributed by atoms with van der Waals surface area (Å²) in [6.45, 7) is 2.33. The van der Waals surface area contributed by atoms with Crippen molar-refractivity contribution in [3.05, 3.63) is 0 Å². The minimum atomic E-state index is 0.703. The molecule has 74 valence electrons. The molecule has 0 bridgehead atoms. The minimum absolute atomic E-state index is 0.703. The maximum Gasteiger partial charge on any atom is 0.0622 e. The second kappa shape index (κ2) is 5.99. The van der Waals surface area contributed by atoms with Crippen LogP contribution >= 0.6 is 0 Å². The lowest BCUT2D eigenvalue weighted by Gasteiger charge is -2.19. The summed E-state index contributed by atoms with van der Waals surface area (Å²) in [6.07, 6.45) is 7.42. The largest absolute Gasteiger partial charge is 0.306 e. The molecular formula is C11H20N2. The molecule has 0 unspecified atom stereocenters. The zero-order valence-corrected chi connectivity index (χ0v) is 8.63. The molecule has 1 rings (SSSR count). The van der Waals surface area contributed by atoms with Crippen molar-refractivity contribution < 1.29 is 0 Å². The van der Waals surface area contributed by atoms with Gasteiger partial charge in [-0.1, -0.05) is 12.8 Å². The topological polar surface area (TPSA) is 27.0 Å². The molecule has 0 aromatic rings. The molecule has 0 amide bonds. The maximum atomic E-state index is 8.39. The highest BCUT2D eigenvalue weighted by Gasteiger charge is 2.16. The summed E-state index contributed by atoms with van der Waals surface area (Å²) in [5.74, 6) is 0.937. The van der Waals surface area contributed by atoms with Gasteiger partial charge in [0, 0.05) is 13.0 Å². The Morgan fingerprint density at radius 3 is 2.69 bits per heavy atom. The third-order valence-electron chi connectivity index (χ3n) is 2.87. The summed E-state index contributed by atoms with van der Waals surface area (Å²) in [7, 11) is 2.18. The fourth-order valence-electron chi connectivity index (χ4n) is 2.15. The number of hydrogen-bond acceptors (Lipinski definition) is 2. The molecule has 0 aliphatic heterocycles. The first-order chi connectivity index (χ1) is 6.33. The smallest absolute Gasteiger partial charge is 0.0622 e. The highest BCUT2D eigenvalue weighted by molar-refractivity contribution is 4.72. The van der Waals surface area contributed by atoms with Crippen LogP contribution in [0.2, 0.25) is 0 Å². The van der Waals surface area contributed by atoms with Crippen molar-refractivity contribution >= 4 is 0 Å². The van der Waals surface area contributed by atoms with Crippen molar-refractivity contribution in [1.82, 2.24) is 4.90 Å². The predicted molar refractivity (Wildman–Crippen MR) is 54.3 cm³/mol. The van der Waals surface area contributed by atoms with E-state index in [1.165, 1.54) is 32.2 Å². The molecule has 1 aliphatic carbocycles. The van der Waals surface area contributed by atoms with E-state index in [0.29, 0.717) is 6.42 Å². The first-order valence-corrected chi connectivity index (χ1v) is 5.38. The normalized spacial score (nSPS) is 17.9. The Morgan fingerprint density at radius 1 is 1.38 bits per heavy atom. The molecule has 2 heteroatoms. The molecule has 1 aliphatic rings. The maximum absolute atomic E-state index is 8.39. The van der Waals surface area contributed by atoms with Gasteiger partial charge in [-0.15, -0.1) is 0 Å². The van der Waals surface area contributed by atoms with Crippen molar-refractivity contribution in [3.8, 4) is 6.07 Å². The standard InChI is InChI=1S/C11H20N2/c1-13(9-5-4-8-12)10-11-6-2-3-7-11/h11H,2-7,9-10H2,1H3. The van der Waals surface area contributed by atoms with E-state index in [0.717, 1.165) is 18.9 Å². The Hall–Kier alpha value is -0.550. The van der Waals surface area contributed by atoms with E-state index in [-0.39, 0.29) is 0 Å². The first kappa shape index (κ1) is 10.5. The van der Waals surface area contributed by atoms with Crippen LogP contribution in [-0.2, 0) is 0 Å². The lowest BCUT2D eigenvalue weighted by molar-refractivity contribution is 0.276. The summed E-state index contributed by atoms with van der Waals surface area (Å²) in [5.41, 5.74) is 0. The quantitative estimate of drug-likeness (QED) is 0.607. The Labute approximate surface area is 81.5 Å². The monoisotopic (exact) mass is 180 g/mol. The van der Waals surface area contributed by atoms with Gasteiger partial charge in [-0.3, -0.25) is 0 Å². The summed E-state index contributed by atoms with van der Waals surface area (Å²) in [4.78, 5) is 2.38. The lowest BCUT2D eigenvalue weighted by atomic mass is 10.1. The van der Waals surface area contributed by atoms with Gasteiger partial charge < -0.3 is 4.90 Å². The van der Waals surface area contributed by atoms with E-state index in [1.807, 2.05) is 0 Å². The predicted octanol–water partition coefficient (Wildman–Crippen LogP) is 2.41. The third kappa shape index (κ3) is 4.28. The van der Waals surface area contributed by atoms with Crippen LogP contribution in [0.25, 0.3) is 0 Å². The molecule has 0 heterocycles. The van der Waals surface area contributed by atoms with E-state index in [1.54, 1.807) is 0 Å². The van der Waals surface area contributed by atoms with Gasteiger partial charge in [0.05, 0.1) is 6.07 Å². The van der Waals surface area contributed by atoms with E-state index < -0.39 is 0 Å². The molecule has 0 atom stereocenters. The number of hydrogen-bond donors (Lipinski definition) is 0. The molecule has 1 saturated carbocycles. The zero-order chi connectivity index (χ0) is 9.52. The molecule has 13 heavy (non-hydrogen) atoms. The molecule has 0 saturated heterocycles. The number of rotatable bonds is 5. The van der Waals surface area contributed by atoms with E-state index >= 15 is 0 Å². The van der Waals surface area contributed by atoms with Crippen molar-refractivity contribution in [3.63, 3.8) is 0 Å². The highest BCUT2D eigenvalue weighted by Crippen LogP contribution is 2.25. The lowest BCUT2D eigenvalue weighted by Crippen LogP contribution is -2.25. The van der Waals surface area contributed by atoms with Crippen molar-refractivity contribution in [1.29, 1.82) is 5.26 Å². The molecule has 2 nitrogen and oxygen atoms in total. The summed E-state index contributed by atoms with van der Waals surface area (Å²) in [5, 5.41) is 8.39. The van der Waals surface area contributed by atoms with Gasteiger partial charge in [-0.05, 0) is 38.8 Å². The van der Waals surface area contributed by atoms with Gasteiger partial charge in [0.25, 0.3) is 0 Å². The summed E-state index contributed by atoms with van der Waals surface area (Å²) < 4.78 is 0. The van der Waals surface area contributed by atoms with E-state index in [4.69, 9.17) is 5.26 Å². The second-order valence-corrected chi connectivity index (χ2v) is 4.17. The van der Waals surface area contributed by atoms with Crippen molar-refractivity contribution in [2.75, 3.05) is 20.1 Å². The second-order valence-electron chi connectivity index (χ2n) is 4.17. The number of unbranched alkanes of at least 4 members (excludes halogenated alkanes) is 1. The van der Waals surface area contributed by atoms with Crippen LogP contribution in [0.3, 0.4) is 0 Å². The zero-order valence-electron chi connectivity index (χ0n) is 8.63. The molecule has 0 radical (unpaired) electrons. The summed E-state index contributed by atoms with van der Waals surface area (Å²) in [6, 6.07) is 2.19. The number of nitrogens with zero attached hydrogens (tertiary/aromatic N) is 2. The van der Waals surface area contributed by atoms with Gasteiger partial charge in [-0.25, -0.2) is 0 Å². The molecule has 1 fully saturated rings. The van der Waals surface area contributed by atoms with Crippen molar-refractivity contribution in [2.24, 2.45) is 5.92 Å². The Kier molecular flexibility index (Phi) is 4.85. The van der Waals surface area contributed by atoms with Crippen molar-refractivity contribution in [2.45, 2.75) is 38.5 Å². The molecule has 0 aromatic carbocycles. The molecule has 0 aromatic heterocycles. The van der Waals surface area contributed by atoms with E-state index in [2.05, 4.69) is 18.0 Å². The van der Waals surface area contributed by atoms with Gasteiger partial charge in [0.1, 0.15) is 0 Å². The summed E-state index contributed by atoms with van der Waals surface area (Å²) >= 11 is 0. The average molecular weight is 180 g/mol.